The fourth-order valence-corrected chi connectivity index (χ4v) is 5.03. The number of hydrogen-bond donors (Lipinski definition) is 4. The lowest BCUT2D eigenvalue weighted by atomic mass is 10.1. The maximum Gasteiger partial charge on any atom is 0.265 e. The number of imidazole rings is 1. The summed E-state index contributed by atoms with van der Waals surface area (Å²) in [5.41, 5.74) is 11.1. The SMILES string of the molecule is Cc1cccc(-c2nc(CNc3ccc(Br)c(C(=O)NS(C)(=O)=O)c3)[nH]c2-c2ccc3ncc(OCCN)cc3n2)n1. The first-order valence-electron chi connectivity index (χ1n) is 12.8. The van der Waals surface area contributed by atoms with Crippen LogP contribution in [0, 0.1) is 6.92 Å². The molecule has 0 saturated heterocycles. The summed E-state index contributed by atoms with van der Waals surface area (Å²) in [4.78, 5) is 34.6. The van der Waals surface area contributed by atoms with Gasteiger partial charge >= 0.3 is 0 Å². The molecule has 5 N–H and O–H groups in total. The van der Waals surface area contributed by atoms with Crippen molar-refractivity contribution in [2.24, 2.45) is 5.73 Å². The smallest absolute Gasteiger partial charge is 0.265 e. The minimum atomic E-state index is -3.72. The highest BCUT2D eigenvalue weighted by Crippen LogP contribution is 2.30. The quantitative estimate of drug-likeness (QED) is 0.174. The van der Waals surface area contributed by atoms with Gasteiger partial charge in [0.2, 0.25) is 10.0 Å². The van der Waals surface area contributed by atoms with Gasteiger partial charge in [0.1, 0.15) is 23.9 Å². The summed E-state index contributed by atoms with van der Waals surface area (Å²) in [6.07, 6.45) is 2.56. The van der Waals surface area contributed by atoms with Crippen LogP contribution in [-0.2, 0) is 16.6 Å². The van der Waals surface area contributed by atoms with E-state index in [1.165, 1.54) is 0 Å². The Morgan fingerprint density at radius 3 is 2.64 bits per heavy atom. The van der Waals surface area contributed by atoms with E-state index in [0.29, 0.717) is 68.7 Å². The predicted octanol–water partition coefficient (Wildman–Crippen LogP) is 3.79. The van der Waals surface area contributed by atoms with E-state index in [0.717, 1.165) is 11.9 Å². The largest absolute Gasteiger partial charge is 0.491 e. The van der Waals surface area contributed by atoms with Gasteiger partial charge in [-0.1, -0.05) is 6.07 Å². The van der Waals surface area contributed by atoms with E-state index >= 15 is 0 Å². The van der Waals surface area contributed by atoms with E-state index in [4.69, 9.17) is 20.4 Å². The highest BCUT2D eigenvalue weighted by molar-refractivity contribution is 9.10. The molecule has 0 aliphatic heterocycles. The molecule has 0 atom stereocenters. The number of aromatic amines is 1. The maximum atomic E-state index is 12.5. The van der Waals surface area contributed by atoms with Gasteiger partial charge in [0.25, 0.3) is 5.91 Å². The van der Waals surface area contributed by atoms with Gasteiger partial charge in [0.05, 0.1) is 52.7 Å². The Hall–Kier alpha value is -4.40. The van der Waals surface area contributed by atoms with Gasteiger partial charge in [-0.3, -0.25) is 14.8 Å². The first-order valence-corrected chi connectivity index (χ1v) is 15.5. The van der Waals surface area contributed by atoms with Crippen molar-refractivity contribution in [3.05, 3.63) is 82.3 Å². The van der Waals surface area contributed by atoms with E-state index in [1.54, 1.807) is 24.4 Å². The number of carbonyl (C=O) groups excluding carboxylic acids is 1. The number of nitrogens with zero attached hydrogens (tertiary/aromatic N) is 4. The van der Waals surface area contributed by atoms with Crippen LogP contribution in [0.1, 0.15) is 21.9 Å². The number of amides is 1. The van der Waals surface area contributed by atoms with Crippen molar-refractivity contribution in [1.82, 2.24) is 29.6 Å². The zero-order valence-electron chi connectivity index (χ0n) is 22.7. The van der Waals surface area contributed by atoms with E-state index in [1.807, 2.05) is 48.0 Å². The van der Waals surface area contributed by atoms with Crippen molar-refractivity contribution in [1.29, 1.82) is 0 Å². The summed E-state index contributed by atoms with van der Waals surface area (Å²) in [5.74, 6) is 0.426. The Morgan fingerprint density at radius 1 is 1.05 bits per heavy atom. The van der Waals surface area contributed by atoms with E-state index in [-0.39, 0.29) is 12.1 Å². The molecule has 0 fully saturated rings. The Kier molecular flexibility index (Phi) is 8.47. The highest BCUT2D eigenvalue weighted by atomic mass is 79.9. The number of aromatic nitrogens is 5. The van der Waals surface area contributed by atoms with Crippen LogP contribution < -0.4 is 20.5 Å². The van der Waals surface area contributed by atoms with Crippen LogP contribution in [0.5, 0.6) is 5.75 Å². The number of fused-ring (bicyclic) bond motifs is 1. The number of H-pyrrole nitrogens is 1. The number of rotatable bonds is 10. The lowest BCUT2D eigenvalue weighted by Gasteiger charge is -2.09. The minimum Gasteiger partial charge on any atom is -0.491 e. The van der Waals surface area contributed by atoms with Crippen molar-refractivity contribution in [2.45, 2.75) is 13.5 Å². The van der Waals surface area contributed by atoms with Gasteiger partial charge < -0.3 is 20.8 Å². The third-order valence-electron chi connectivity index (χ3n) is 5.99. The van der Waals surface area contributed by atoms with Crippen molar-refractivity contribution in [3.63, 3.8) is 0 Å². The zero-order chi connectivity index (χ0) is 29.9. The highest BCUT2D eigenvalue weighted by Gasteiger charge is 2.18. The van der Waals surface area contributed by atoms with Crippen molar-refractivity contribution >= 4 is 48.6 Å². The molecule has 12 nitrogen and oxygen atoms in total. The molecule has 1 amide bonds. The van der Waals surface area contributed by atoms with E-state index < -0.39 is 15.9 Å². The molecule has 4 heterocycles. The van der Waals surface area contributed by atoms with Gasteiger partial charge in [0, 0.05) is 28.5 Å². The molecule has 0 saturated carbocycles. The third-order valence-corrected chi connectivity index (χ3v) is 7.24. The molecule has 0 aliphatic carbocycles. The number of hydrogen-bond acceptors (Lipinski definition) is 10. The van der Waals surface area contributed by atoms with Crippen LogP contribution in [0.4, 0.5) is 5.69 Å². The number of nitrogens with two attached hydrogens (primary N) is 1. The van der Waals surface area contributed by atoms with E-state index in [2.05, 4.69) is 36.2 Å². The van der Waals surface area contributed by atoms with Crippen LogP contribution in [0.3, 0.4) is 0 Å². The van der Waals surface area contributed by atoms with Crippen molar-refractivity contribution in [2.75, 3.05) is 24.7 Å². The van der Waals surface area contributed by atoms with Gasteiger partial charge in [0.15, 0.2) is 0 Å². The molecule has 0 aliphatic rings. The first kappa shape index (κ1) is 29.1. The monoisotopic (exact) mass is 650 g/mol. The molecule has 0 spiro atoms. The number of carbonyl (C=O) groups is 1. The number of nitrogens with one attached hydrogen (secondary N) is 3. The summed E-state index contributed by atoms with van der Waals surface area (Å²) < 4.78 is 31.1. The molecule has 42 heavy (non-hydrogen) atoms. The summed E-state index contributed by atoms with van der Waals surface area (Å²) in [7, 11) is -3.72. The van der Waals surface area contributed by atoms with Gasteiger partial charge in [-0.05, 0) is 65.3 Å². The first-order chi connectivity index (χ1) is 20.1. The second kappa shape index (κ2) is 12.2. The average Bonchev–Trinajstić information content (AvgIpc) is 3.38. The number of anilines is 1. The standard InChI is InChI=1S/C28H27BrN8O4S/c1-16-4-3-5-22(33-16)26-27(23-9-8-21-24(34-23)13-18(14-32-21)41-11-10-30)36-25(35-26)15-31-17-6-7-20(29)19(12-17)28(38)37-42(2,39)40/h3-9,12-14,31H,10-11,15,30H2,1-2H3,(H,35,36)(H,37,38). The Bertz CT molecular complexity index is 1890. The Balaban J connectivity index is 1.48. The number of ether oxygens (including phenoxy) is 1. The van der Waals surface area contributed by atoms with Crippen LogP contribution in [-0.4, -0.2) is 58.7 Å². The summed E-state index contributed by atoms with van der Waals surface area (Å²) in [6.45, 7) is 2.93. The van der Waals surface area contributed by atoms with Gasteiger partial charge in [-0.15, -0.1) is 0 Å². The molecular formula is C28H27BrN8O4S. The second-order valence-corrected chi connectivity index (χ2v) is 12.0. The lowest BCUT2D eigenvalue weighted by molar-refractivity contribution is 0.0981. The van der Waals surface area contributed by atoms with Crippen LogP contribution in [0.2, 0.25) is 0 Å². The third kappa shape index (κ3) is 6.90. The number of pyridine rings is 3. The molecule has 1 aromatic carbocycles. The van der Waals surface area contributed by atoms with Crippen molar-refractivity contribution < 1.29 is 17.9 Å². The van der Waals surface area contributed by atoms with Crippen LogP contribution in [0.15, 0.2) is 65.3 Å². The molecule has 14 heteroatoms. The fraction of sp³-hybridized carbons (Fsp3) is 0.179. The van der Waals surface area contributed by atoms with Gasteiger partial charge in [-0.2, -0.15) is 0 Å². The molecular weight excluding hydrogens is 624 g/mol. The van der Waals surface area contributed by atoms with Gasteiger partial charge in [-0.25, -0.2) is 23.1 Å². The number of sulfonamides is 1. The lowest BCUT2D eigenvalue weighted by Crippen LogP contribution is -2.29. The van der Waals surface area contributed by atoms with Crippen molar-refractivity contribution in [3.8, 4) is 28.5 Å². The summed E-state index contributed by atoms with van der Waals surface area (Å²) in [6, 6.07) is 16.2. The summed E-state index contributed by atoms with van der Waals surface area (Å²) in [5, 5.41) is 3.24. The second-order valence-electron chi connectivity index (χ2n) is 9.37. The number of aryl methyl sites for hydroxylation is 1. The molecule has 0 radical (unpaired) electrons. The molecule has 0 unspecified atom stereocenters. The maximum absolute atomic E-state index is 12.5. The minimum absolute atomic E-state index is 0.166. The molecule has 4 aromatic heterocycles. The normalized spacial score (nSPS) is 11.4. The average molecular weight is 652 g/mol. The summed E-state index contributed by atoms with van der Waals surface area (Å²) >= 11 is 3.31. The van der Waals surface area contributed by atoms with Crippen LogP contribution in [0.25, 0.3) is 33.8 Å². The van der Waals surface area contributed by atoms with Crippen LogP contribution >= 0.6 is 15.9 Å². The molecule has 5 rings (SSSR count). The zero-order valence-corrected chi connectivity index (χ0v) is 25.1. The Labute approximate surface area is 250 Å². The topological polar surface area (TPSA) is 178 Å². The molecule has 0 bridgehead atoms. The molecule has 216 valence electrons. The number of benzene rings is 1. The Morgan fingerprint density at radius 2 is 1.88 bits per heavy atom. The molecule has 5 aromatic rings. The fourth-order valence-electron chi connectivity index (χ4n) is 4.15. The van der Waals surface area contributed by atoms with E-state index in [9.17, 15) is 13.2 Å². The predicted molar refractivity (Wildman–Crippen MR) is 163 cm³/mol. The number of halogens is 1.